The molecule has 0 aromatic heterocycles. The number of amides is 1. The number of hydrogen-bond donors (Lipinski definition) is 7. The van der Waals surface area contributed by atoms with Gasteiger partial charge in [-0.05, 0) is 32.1 Å². The highest BCUT2D eigenvalue weighted by atomic mass is 32.3. The smallest absolute Gasteiger partial charge is 0.394 e. The summed E-state index contributed by atoms with van der Waals surface area (Å²) in [5, 5.41) is 55.5. The molecule has 0 spiro atoms. The molecule has 0 radical (unpaired) electrons. The number of hydrogen-bond acceptors (Lipinski definition) is 11. The van der Waals surface area contributed by atoms with E-state index in [0.717, 1.165) is 38.5 Å². The number of nitrogens with one attached hydrogen (secondary N) is 1. The van der Waals surface area contributed by atoms with Crippen LogP contribution in [0.3, 0.4) is 0 Å². The Kier molecular flexibility index (Phi) is 42.0. The summed E-state index contributed by atoms with van der Waals surface area (Å²) in [6.45, 7) is 3.25. The summed E-state index contributed by atoms with van der Waals surface area (Å²) < 4.78 is 47.7. The Hall–Kier alpha value is -1.46. The highest BCUT2D eigenvalue weighted by molar-refractivity contribution is 7.80. The van der Waals surface area contributed by atoms with E-state index in [4.69, 9.17) is 9.47 Å². The van der Waals surface area contributed by atoms with Crippen LogP contribution in [0.25, 0.3) is 0 Å². The lowest BCUT2D eigenvalue weighted by atomic mass is 9.99. The SMILES string of the molecule is CCCCCCCCCCCCCCCCC/C=C/CC/C=C/C(O)C(COC1OC(CO)C(O)C(OS(=O)(=O)O)C1O)NC(=O)C(O)CCCCCCCCCCCCCCCCCCCC. The topological polar surface area (TPSA) is 212 Å². The molecule has 7 N–H and O–H groups in total. The van der Waals surface area contributed by atoms with Crippen molar-refractivity contribution in [2.45, 2.75) is 300 Å². The van der Waals surface area contributed by atoms with Crippen molar-refractivity contribution in [3.8, 4) is 0 Å². The van der Waals surface area contributed by atoms with Gasteiger partial charge in [0, 0.05) is 0 Å². The molecule has 8 atom stereocenters. The van der Waals surface area contributed by atoms with Gasteiger partial charge in [0.1, 0.15) is 30.5 Å². The lowest BCUT2D eigenvalue weighted by Gasteiger charge is -2.41. The third-order valence-corrected chi connectivity index (χ3v) is 13.8. The first-order chi connectivity index (χ1) is 32.9. The number of aliphatic hydroxyl groups excluding tert-OH is 5. The van der Waals surface area contributed by atoms with E-state index in [-0.39, 0.29) is 6.42 Å². The molecule has 0 saturated carbocycles. The minimum atomic E-state index is -5.12. The molecule has 1 rings (SSSR count). The minimum Gasteiger partial charge on any atom is -0.394 e. The largest absolute Gasteiger partial charge is 0.397 e. The van der Waals surface area contributed by atoms with E-state index in [1.807, 2.05) is 0 Å². The van der Waals surface area contributed by atoms with E-state index in [2.05, 4.69) is 35.5 Å². The van der Waals surface area contributed by atoms with E-state index >= 15 is 0 Å². The van der Waals surface area contributed by atoms with Crippen molar-refractivity contribution in [2.75, 3.05) is 13.2 Å². The quantitative estimate of drug-likeness (QED) is 0.0172. The molecular weight excluding hydrogens is 887 g/mol. The van der Waals surface area contributed by atoms with Gasteiger partial charge in [0.15, 0.2) is 6.29 Å². The normalized spacial score (nSPS) is 20.4. The summed E-state index contributed by atoms with van der Waals surface area (Å²) in [5.41, 5.74) is 0. The van der Waals surface area contributed by atoms with Gasteiger partial charge >= 0.3 is 10.4 Å². The molecule has 68 heavy (non-hydrogen) atoms. The zero-order valence-electron chi connectivity index (χ0n) is 43.0. The molecule has 1 aliphatic rings. The molecule has 14 heteroatoms. The molecule has 1 amide bonds. The zero-order valence-corrected chi connectivity index (χ0v) is 43.9. The Labute approximate surface area is 415 Å². The van der Waals surface area contributed by atoms with Gasteiger partial charge in [0.25, 0.3) is 0 Å². The summed E-state index contributed by atoms with van der Waals surface area (Å²) in [6, 6.07) is -1.13. The van der Waals surface area contributed by atoms with E-state index in [1.54, 1.807) is 6.08 Å². The Morgan fingerprint density at radius 1 is 0.588 bits per heavy atom. The van der Waals surface area contributed by atoms with Gasteiger partial charge in [-0.15, -0.1) is 0 Å². The molecule has 1 aliphatic heterocycles. The maximum atomic E-state index is 13.2. The van der Waals surface area contributed by atoms with Crippen LogP contribution in [0.1, 0.15) is 251 Å². The van der Waals surface area contributed by atoms with Gasteiger partial charge in [-0.3, -0.25) is 9.35 Å². The van der Waals surface area contributed by atoms with Gasteiger partial charge < -0.3 is 40.3 Å². The molecule has 0 aromatic carbocycles. The fourth-order valence-corrected chi connectivity index (χ4v) is 9.46. The number of carbonyl (C=O) groups is 1. The highest BCUT2D eigenvalue weighted by Gasteiger charge is 2.48. The third-order valence-electron chi connectivity index (χ3n) is 13.3. The molecular formula is C54H103NO12S. The van der Waals surface area contributed by atoms with Crippen molar-refractivity contribution in [3.05, 3.63) is 24.3 Å². The fourth-order valence-electron chi connectivity index (χ4n) is 8.95. The Balaban J connectivity index is 2.49. The van der Waals surface area contributed by atoms with Gasteiger partial charge in [-0.2, -0.15) is 8.42 Å². The number of aliphatic hydroxyl groups is 5. The summed E-state index contributed by atoms with van der Waals surface area (Å²) in [5.74, 6) is -0.707. The van der Waals surface area contributed by atoms with Crippen LogP contribution in [0.15, 0.2) is 24.3 Å². The van der Waals surface area contributed by atoms with Crippen LogP contribution in [0, 0.1) is 0 Å². The van der Waals surface area contributed by atoms with Crippen molar-refractivity contribution >= 4 is 16.3 Å². The maximum Gasteiger partial charge on any atom is 0.397 e. The molecule has 0 aliphatic carbocycles. The van der Waals surface area contributed by atoms with Crippen LogP contribution in [-0.4, -0.2) is 107 Å². The van der Waals surface area contributed by atoms with Gasteiger partial charge in [0.2, 0.25) is 5.91 Å². The number of carbonyl (C=O) groups excluding carboxylic acids is 1. The molecule has 1 saturated heterocycles. The molecule has 13 nitrogen and oxygen atoms in total. The lowest BCUT2D eigenvalue weighted by molar-refractivity contribution is -0.298. The van der Waals surface area contributed by atoms with Crippen LogP contribution >= 0.6 is 0 Å². The molecule has 402 valence electrons. The zero-order chi connectivity index (χ0) is 49.9. The van der Waals surface area contributed by atoms with Crippen LogP contribution in [0.4, 0.5) is 0 Å². The average Bonchev–Trinajstić information content (AvgIpc) is 3.31. The predicted octanol–water partition coefficient (Wildman–Crippen LogP) is 11.4. The second-order valence-corrected chi connectivity index (χ2v) is 20.7. The second kappa shape index (κ2) is 44.3. The molecule has 8 unspecified atom stereocenters. The van der Waals surface area contributed by atoms with Crippen LogP contribution in [-0.2, 0) is 28.9 Å². The van der Waals surface area contributed by atoms with Crippen molar-refractivity contribution < 1.29 is 57.0 Å². The number of ether oxygens (including phenoxy) is 2. The Bertz CT molecular complexity index is 1320. The number of unbranched alkanes of at least 4 members (excludes halogenated alkanes) is 33. The fraction of sp³-hybridized carbons (Fsp3) is 0.907. The minimum absolute atomic E-state index is 0.241. The Morgan fingerprint density at radius 2 is 0.985 bits per heavy atom. The summed E-state index contributed by atoms with van der Waals surface area (Å²) in [4.78, 5) is 13.2. The van der Waals surface area contributed by atoms with Crippen LogP contribution in [0.5, 0.6) is 0 Å². The average molecular weight is 990 g/mol. The van der Waals surface area contributed by atoms with Crippen LogP contribution < -0.4 is 5.32 Å². The summed E-state index contributed by atoms with van der Waals surface area (Å²) in [6.07, 6.45) is 41.1. The summed E-state index contributed by atoms with van der Waals surface area (Å²) in [7, 11) is -5.12. The van der Waals surface area contributed by atoms with Gasteiger partial charge in [-0.1, -0.05) is 244 Å². The molecule has 0 aromatic rings. The van der Waals surface area contributed by atoms with Gasteiger partial charge in [0.05, 0.1) is 25.4 Å². The Morgan fingerprint density at radius 3 is 1.41 bits per heavy atom. The van der Waals surface area contributed by atoms with E-state index in [0.29, 0.717) is 12.8 Å². The molecule has 1 fully saturated rings. The van der Waals surface area contributed by atoms with E-state index < -0.39 is 78.5 Å². The monoisotopic (exact) mass is 990 g/mol. The molecule has 1 heterocycles. The van der Waals surface area contributed by atoms with Crippen LogP contribution in [0.2, 0.25) is 0 Å². The first kappa shape index (κ1) is 64.6. The van der Waals surface area contributed by atoms with Crippen molar-refractivity contribution in [1.29, 1.82) is 0 Å². The number of allylic oxidation sites excluding steroid dienone is 3. The van der Waals surface area contributed by atoms with Crippen molar-refractivity contribution in [3.63, 3.8) is 0 Å². The number of rotatable bonds is 48. The highest BCUT2D eigenvalue weighted by Crippen LogP contribution is 2.26. The second-order valence-electron chi connectivity index (χ2n) is 19.7. The van der Waals surface area contributed by atoms with E-state index in [1.165, 1.54) is 186 Å². The van der Waals surface area contributed by atoms with E-state index in [9.17, 15) is 43.3 Å². The van der Waals surface area contributed by atoms with Crippen molar-refractivity contribution in [1.82, 2.24) is 5.32 Å². The standard InChI is InChI=1S/C54H103NO12S/c1-3-5-7-9-11-13-15-17-19-21-23-24-25-27-28-30-32-34-36-38-40-42-47(57)46(45-65-54-51(60)52(67-68(62,63)64)50(59)49(44-56)66-54)55-53(61)48(58)43-41-39-37-35-33-31-29-26-22-20-18-16-14-12-10-8-6-4-2/h32,34,40,42,46-52,54,56-60H,3-31,33,35-39,41,43-45H2,1-2H3,(H,55,61)(H,62,63,64)/b34-32+,42-40+. The first-order valence-corrected chi connectivity index (χ1v) is 29.2. The molecule has 0 bridgehead atoms. The predicted molar refractivity (Wildman–Crippen MR) is 275 cm³/mol. The summed E-state index contributed by atoms with van der Waals surface area (Å²) >= 11 is 0. The van der Waals surface area contributed by atoms with Crippen molar-refractivity contribution in [2.24, 2.45) is 0 Å². The first-order valence-electron chi connectivity index (χ1n) is 27.8. The maximum absolute atomic E-state index is 13.2. The van der Waals surface area contributed by atoms with Gasteiger partial charge in [-0.25, -0.2) is 4.18 Å². The lowest BCUT2D eigenvalue weighted by Crippen LogP contribution is -2.61. The third kappa shape index (κ3) is 35.6.